The molecule has 190 valence electrons. The Morgan fingerprint density at radius 1 is 1.11 bits per heavy atom. The number of nitrogens with one attached hydrogen (secondary N) is 2. The number of nitrogens with zero attached hydrogens (tertiary/aromatic N) is 4. The van der Waals surface area contributed by atoms with E-state index in [1.54, 1.807) is 6.20 Å². The van der Waals surface area contributed by atoms with E-state index in [0.29, 0.717) is 12.6 Å². The highest BCUT2D eigenvalue weighted by Gasteiger charge is 2.24. The molecule has 1 atom stereocenters. The number of carboxylic acid groups (broad SMARTS) is 1. The largest absolute Gasteiger partial charge is 0.480 e. The monoisotopic (exact) mass is 489 g/mol. The number of nitrogens with two attached hydrogens (primary N) is 1. The molecule has 36 heavy (non-hydrogen) atoms. The van der Waals surface area contributed by atoms with Gasteiger partial charge in [0, 0.05) is 62.4 Å². The lowest BCUT2D eigenvalue weighted by molar-refractivity contribution is -0.139. The lowest BCUT2D eigenvalue weighted by Crippen LogP contribution is -2.52. The van der Waals surface area contributed by atoms with Crippen LogP contribution in [0.1, 0.15) is 18.9 Å². The number of aromatic nitrogens is 2. The molecule has 1 aromatic carbocycles. The molecular weight excluding hydrogens is 454 g/mol. The molecule has 5 N–H and O–H groups in total. The highest BCUT2D eigenvalue weighted by molar-refractivity contribution is 5.69. The fourth-order valence-corrected chi connectivity index (χ4v) is 4.44. The van der Waals surface area contributed by atoms with E-state index in [4.69, 9.17) is 10.8 Å². The third-order valence-corrected chi connectivity index (χ3v) is 6.34. The third-order valence-electron chi connectivity index (χ3n) is 6.34. The molecule has 0 spiro atoms. The molecule has 0 amide bonds. The molecule has 4 rings (SSSR count). The number of rotatable bonds is 11. The summed E-state index contributed by atoms with van der Waals surface area (Å²) in [6.07, 6.45) is 4.57. The van der Waals surface area contributed by atoms with Crippen molar-refractivity contribution in [2.24, 2.45) is 5.73 Å². The highest BCUT2D eigenvalue weighted by Crippen LogP contribution is 2.24. The van der Waals surface area contributed by atoms with Crippen molar-refractivity contribution >= 4 is 23.3 Å². The van der Waals surface area contributed by atoms with Gasteiger partial charge in [-0.3, -0.25) is 14.6 Å². The Bertz CT molecular complexity index is 1140. The van der Waals surface area contributed by atoms with Gasteiger partial charge in [0.25, 0.3) is 0 Å². The molecule has 2 aromatic heterocycles. The second-order valence-corrected chi connectivity index (χ2v) is 9.20. The van der Waals surface area contributed by atoms with Gasteiger partial charge in [0.15, 0.2) is 0 Å². The zero-order valence-corrected chi connectivity index (χ0v) is 20.7. The van der Waals surface area contributed by atoms with Crippen LogP contribution in [0.25, 0.3) is 11.1 Å². The van der Waals surface area contributed by atoms with E-state index in [9.17, 15) is 4.79 Å². The van der Waals surface area contributed by atoms with Crippen molar-refractivity contribution in [1.82, 2.24) is 19.8 Å². The number of hydrogen-bond donors (Lipinski definition) is 4. The van der Waals surface area contributed by atoms with Crippen molar-refractivity contribution < 1.29 is 9.90 Å². The van der Waals surface area contributed by atoms with E-state index in [1.807, 2.05) is 41.4 Å². The number of hydrogen-bond acceptors (Lipinski definition) is 8. The lowest BCUT2D eigenvalue weighted by atomic mass is 10.1. The van der Waals surface area contributed by atoms with Crippen LogP contribution in [0, 0.1) is 0 Å². The van der Waals surface area contributed by atoms with Crippen LogP contribution in [0.2, 0.25) is 0 Å². The maximum Gasteiger partial charge on any atom is 0.317 e. The highest BCUT2D eigenvalue weighted by atomic mass is 16.4. The zero-order chi connectivity index (χ0) is 25.3. The van der Waals surface area contributed by atoms with Crippen molar-refractivity contribution in [3.05, 3.63) is 66.5 Å². The van der Waals surface area contributed by atoms with Crippen molar-refractivity contribution in [3.8, 4) is 11.1 Å². The average molecular weight is 490 g/mol. The van der Waals surface area contributed by atoms with Crippen LogP contribution >= 0.6 is 0 Å². The van der Waals surface area contributed by atoms with Crippen LogP contribution in [0.3, 0.4) is 0 Å². The van der Waals surface area contributed by atoms with Gasteiger partial charge in [-0.1, -0.05) is 12.1 Å². The van der Waals surface area contributed by atoms with Crippen LogP contribution in [-0.2, 0) is 11.3 Å². The first-order chi connectivity index (χ1) is 17.5. The molecular formula is C27H35N7O2. The fraction of sp³-hybridized carbons (Fsp3) is 0.370. The van der Waals surface area contributed by atoms with Gasteiger partial charge in [0.05, 0.1) is 6.54 Å². The van der Waals surface area contributed by atoms with E-state index in [1.165, 1.54) is 5.56 Å². The van der Waals surface area contributed by atoms with Crippen LogP contribution in [0.5, 0.6) is 0 Å². The standard InChI is InChI=1S/C27H35N7O2/c1-20-17-33(19-27(35)36)12-13-34(20)18-21-4-2-5-24(14-21)32-26-15-22(8-11-30-26)23-6-7-25(31-16-23)29-10-3-9-28/h2,4-8,11,14-16,20H,3,9-10,12-13,17-19,28H2,1H3,(H,29,31)(H,30,32)(H,35,36). The number of aliphatic carboxylic acids is 1. The molecule has 0 bridgehead atoms. The Kier molecular flexibility index (Phi) is 8.83. The first-order valence-corrected chi connectivity index (χ1v) is 12.4. The van der Waals surface area contributed by atoms with Gasteiger partial charge >= 0.3 is 5.97 Å². The predicted molar refractivity (Wildman–Crippen MR) is 143 cm³/mol. The average Bonchev–Trinajstić information content (AvgIpc) is 2.86. The van der Waals surface area contributed by atoms with Crippen molar-refractivity contribution in [2.45, 2.75) is 25.9 Å². The number of carbonyl (C=O) groups is 1. The Labute approximate surface area is 212 Å². The third kappa shape index (κ3) is 7.24. The van der Waals surface area contributed by atoms with E-state index < -0.39 is 5.97 Å². The quantitative estimate of drug-likeness (QED) is 0.301. The van der Waals surface area contributed by atoms with Gasteiger partial charge in [-0.2, -0.15) is 0 Å². The molecule has 3 aromatic rings. The van der Waals surface area contributed by atoms with Gasteiger partial charge in [0.2, 0.25) is 0 Å². The number of carboxylic acids is 1. The lowest BCUT2D eigenvalue weighted by Gasteiger charge is -2.39. The summed E-state index contributed by atoms with van der Waals surface area (Å²) in [6, 6.07) is 16.7. The Morgan fingerprint density at radius 3 is 2.75 bits per heavy atom. The molecule has 9 nitrogen and oxygen atoms in total. The maximum absolute atomic E-state index is 11.0. The minimum absolute atomic E-state index is 0.107. The van der Waals surface area contributed by atoms with Gasteiger partial charge < -0.3 is 21.5 Å². The van der Waals surface area contributed by atoms with Gasteiger partial charge in [-0.25, -0.2) is 9.97 Å². The van der Waals surface area contributed by atoms with Crippen LogP contribution in [0.4, 0.5) is 17.3 Å². The summed E-state index contributed by atoms with van der Waals surface area (Å²) in [6.45, 7) is 6.94. The SMILES string of the molecule is CC1CN(CC(=O)O)CCN1Cc1cccc(Nc2cc(-c3ccc(NCCCN)nc3)ccn2)c1. The first kappa shape index (κ1) is 25.6. The summed E-state index contributed by atoms with van der Waals surface area (Å²) in [5, 5.41) is 15.8. The van der Waals surface area contributed by atoms with E-state index in [2.05, 4.69) is 50.6 Å². The second kappa shape index (κ2) is 12.4. The molecule has 0 aliphatic carbocycles. The van der Waals surface area contributed by atoms with Crippen molar-refractivity contribution in [3.63, 3.8) is 0 Å². The normalized spacial score (nSPS) is 16.6. The number of anilines is 3. The van der Waals surface area contributed by atoms with Crippen LogP contribution in [-0.4, -0.2) is 76.2 Å². The number of piperazine rings is 1. The smallest absolute Gasteiger partial charge is 0.317 e. The van der Waals surface area contributed by atoms with Gasteiger partial charge in [-0.05, 0) is 67.4 Å². The minimum atomic E-state index is -0.768. The minimum Gasteiger partial charge on any atom is -0.480 e. The predicted octanol–water partition coefficient (Wildman–Crippen LogP) is 3.24. The Morgan fingerprint density at radius 2 is 2.00 bits per heavy atom. The molecule has 3 heterocycles. The summed E-state index contributed by atoms with van der Waals surface area (Å²) in [5.74, 6) is 0.843. The first-order valence-electron chi connectivity index (χ1n) is 12.4. The molecule has 1 saturated heterocycles. The van der Waals surface area contributed by atoms with Crippen LogP contribution in [0.15, 0.2) is 60.9 Å². The summed E-state index contributed by atoms with van der Waals surface area (Å²) in [4.78, 5) is 24.4. The molecule has 1 unspecified atom stereocenters. The molecule has 0 saturated carbocycles. The topological polar surface area (TPSA) is 120 Å². The van der Waals surface area contributed by atoms with E-state index >= 15 is 0 Å². The maximum atomic E-state index is 11.0. The van der Waals surface area contributed by atoms with Gasteiger partial charge in [0.1, 0.15) is 11.6 Å². The van der Waals surface area contributed by atoms with Gasteiger partial charge in [-0.15, -0.1) is 0 Å². The van der Waals surface area contributed by atoms with Crippen molar-refractivity contribution in [2.75, 3.05) is 49.9 Å². The van der Waals surface area contributed by atoms with E-state index in [-0.39, 0.29) is 6.54 Å². The Hall–Kier alpha value is -3.53. The summed E-state index contributed by atoms with van der Waals surface area (Å²) in [5.41, 5.74) is 9.79. The molecule has 0 radical (unpaired) electrons. The second-order valence-electron chi connectivity index (χ2n) is 9.20. The van der Waals surface area contributed by atoms with Crippen molar-refractivity contribution in [1.29, 1.82) is 0 Å². The number of benzene rings is 1. The molecule has 1 aliphatic heterocycles. The van der Waals surface area contributed by atoms with E-state index in [0.717, 1.165) is 67.6 Å². The fourth-order valence-electron chi connectivity index (χ4n) is 4.44. The molecule has 1 aliphatic rings. The molecule has 1 fully saturated rings. The summed E-state index contributed by atoms with van der Waals surface area (Å²) < 4.78 is 0. The number of pyridine rings is 2. The van der Waals surface area contributed by atoms with Crippen LogP contribution < -0.4 is 16.4 Å². The summed E-state index contributed by atoms with van der Waals surface area (Å²) in [7, 11) is 0. The molecule has 9 heteroatoms. The zero-order valence-electron chi connectivity index (χ0n) is 20.7. The Balaban J connectivity index is 1.37. The summed E-state index contributed by atoms with van der Waals surface area (Å²) >= 11 is 0.